The lowest BCUT2D eigenvalue weighted by molar-refractivity contribution is 0.682. The lowest BCUT2D eigenvalue weighted by Crippen LogP contribution is -2.44. The molecular formula is C47H77N33. The van der Waals surface area contributed by atoms with Crippen molar-refractivity contribution in [1.29, 1.82) is 0 Å². The number of hydrogen-bond acceptors (Lipinski definition) is 33. The number of fused-ring (bicyclic) bond motifs is 10. The van der Waals surface area contributed by atoms with Crippen LogP contribution in [0.2, 0.25) is 0 Å². The number of likely N-dealkylation sites (N-methyl/N-ethyl adjacent to an activating group) is 1. The summed E-state index contributed by atoms with van der Waals surface area (Å²) in [7, 11) is 30.6. The topological polar surface area (TPSA) is 289 Å². The lowest BCUT2D eigenvalue weighted by Gasteiger charge is -2.33. The Kier molecular flexibility index (Phi) is 17.4. The summed E-state index contributed by atoms with van der Waals surface area (Å²) in [5.41, 5.74) is 0. The molecule has 0 unspecified atom stereocenters. The maximum absolute atomic E-state index is 5.22. The minimum Gasteiger partial charge on any atom is -0.347 e. The molecule has 0 saturated heterocycles. The Morgan fingerprint density at radius 2 is 0.787 bits per heavy atom. The summed E-state index contributed by atoms with van der Waals surface area (Å²) in [4.78, 5) is 116. The summed E-state index contributed by atoms with van der Waals surface area (Å²) in [5, 5.41) is 3.53. The van der Waals surface area contributed by atoms with Crippen molar-refractivity contribution in [3.05, 3.63) is 17.5 Å². The fourth-order valence-electron chi connectivity index (χ4n) is 8.04. The van der Waals surface area contributed by atoms with Crippen LogP contribution >= 0.6 is 0 Å². The zero-order chi connectivity index (χ0) is 57.7. The van der Waals surface area contributed by atoms with Crippen LogP contribution in [-0.2, 0) is 19.3 Å². The van der Waals surface area contributed by atoms with Gasteiger partial charge in [-0.25, -0.2) is 0 Å². The molecule has 0 aromatic carbocycles. The molecule has 33 heteroatoms. The Bertz CT molecular complexity index is 3040. The number of aryl methyl sites for hydroxylation is 1. The molecule has 430 valence electrons. The number of anilines is 15. The molecule has 1 N–H and O–H groups in total. The summed E-state index contributed by atoms with van der Waals surface area (Å²) in [5.74, 6) is 8.38. The quantitative estimate of drug-likeness (QED) is 0.182. The van der Waals surface area contributed by atoms with Crippen LogP contribution in [0, 0.1) is 0 Å². The van der Waals surface area contributed by atoms with E-state index in [1.54, 1.807) is 0 Å². The van der Waals surface area contributed by atoms with E-state index in [0.717, 1.165) is 0 Å². The minimum absolute atomic E-state index is 0.122. The third kappa shape index (κ3) is 13.5. The molecule has 0 amide bonds. The number of hydrogen-bond donors (Lipinski definition) is 1. The molecule has 2 aliphatic heterocycles. The first-order valence-corrected chi connectivity index (χ1v) is 26.2. The van der Waals surface area contributed by atoms with Gasteiger partial charge in [0.15, 0.2) is 0 Å². The molecule has 6 aromatic heterocycles. The molecule has 80 heavy (non-hydrogen) atoms. The second-order valence-corrected chi connectivity index (χ2v) is 20.6. The van der Waals surface area contributed by atoms with E-state index in [4.69, 9.17) is 84.7 Å². The van der Waals surface area contributed by atoms with Crippen LogP contribution in [0.25, 0.3) is 0 Å². The third-order valence-corrected chi connectivity index (χ3v) is 12.7. The monoisotopic (exact) mass is 1100 g/mol. The summed E-state index contributed by atoms with van der Waals surface area (Å²) in [6.07, 6.45) is 1.42. The normalized spacial score (nSPS) is 14.6. The van der Waals surface area contributed by atoms with Crippen molar-refractivity contribution in [3.63, 3.8) is 0 Å². The van der Waals surface area contributed by atoms with Crippen molar-refractivity contribution < 1.29 is 0 Å². The maximum Gasteiger partial charge on any atom is 0.233 e. The average molecular weight is 1100 g/mol. The molecule has 2 aliphatic rings. The van der Waals surface area contributed by atoms with Crippen molar-refractivity contribution >= 4 is 89.2 Å². The fourth-order valence-corrected chi connectivity index (χ4v) is 8.04. The van der Waals surface area contributed by atoms with Gasteiger partial charge in [-0.3, -0.25) is 0 Å². The van der Waals surface area contributed by atoms with E-state index in [0.29, 0.717) is 152 Å². The van der Waals surface area contributed by atoms with Gasteiger partial charge in [0.25, 0.3) is 0 Å². The predicted octanol–water partition coefficient (Wildman–Crippen LogP) is -0.442. The van der Waals surface area contributed by atoms with Crippen molar-refractivity contribution in [2.45, 2.75) is 33.1 Å². The molecule has 6 aromatic rings. The standard InChI is InChI=1S/C47H77N33/c1-19-30-49-39-63-40(50-30)73(14)26-75(16)43-59-37(70(9)10)61-46(65-43)78(20-2)29-80-25-48-33-55-36(69(7)8)58-42(56-33)77(18)28-79(24-22-32-51-34(67(3)4)57-35(52-32)68(5)6)47-62-38(71(11)12)60-44(66-47)76(17)27-74(15)41-53-31(21-23-72(39)13)54-45(80)64-41/h19-29H2,1-18H3,(H,48,55,56,58). The second kappa shape index (κ2) is 24.4. The van der Waals surface area contributed by atoms with Crippen LogP contribution in [0.5, 0.6) is 0 Å². The molecule has 0 spiro atoms. The molecule has 0 atom stereocenters. The fraction of sp³-hybridized carbons (Fsp3) is 0.617. The van der Waals surface area contributed by atoms with Gasteiger partial charge in [0.1, 0.15) is 17.5 Å². The van der Waals surface area contributed by atoms with Gasteiger partial charge in [0.2, 0.25) is 89.2 Å². The smallest absolute Gasteiger partial charge is 0.233 e. The SMILES string of the molecule is CCc1nc2nc(n1)N(C)CN(C)c1nc(N(C)C)nc(n1)N(CC)CN1CNc3nc(N(C)C)nc(n3)N(C)CN(CCc3nc(N(C)C)nc(N(C)C)n3)c3nc(N(C)C)nc(n3)N(C)CN(C)c3nc(nc1n3)CCN2C. The van der Waals surface area contributed by atoms with E-state index in [-0.39, 0.29) is 26.7 Å². The maximum atomic E-state index is 5.22. The molecule has 8 rings (SSSR count). The highest BCUT2D eigenvalue weighted by molar-refractivity contribution is 5.53. The van der Waals surface area contributed by atoms with Gasteiger partial charge in [0, 0.05) is 152 Å². The van der Waals surface area contributed by atoms with Crippen molar-refractivity contribution in [2.75, 3.05) is 240 Å². The van der Waals surface area contributed by atoms with E-state index in [9.17, 15) is 0 Å². The molecule has 8 heterocycles. The predicted molar refractivity (Wildman–Crippen MR) is 313 cm³/mol. The number of nitrogens with one attached hydrogen (secondary N) is 1. The van der Waals surface area contributed by atoms with E-state index in [1.807, 2.05) is 195 Å². The van der Waals surface area contributed by atoms with Gasteiger partial charge in [-0.15, -0.1) is 0 Å². The molecule has 0 aliphatic carbocycles. The summed E-state index contributed by atoms with van der Waals surface area (Å²) in [6, 6.07) is 0. The van der Waals surface area contributed by atoms with E-state index in [2.05, 4.69) is 10.3 Å². The Morgan fingerprint density at radius 3 is 1.31 bits per heavy atom. The van der Waals surface area contributed by atoms with E-state index < -0.39 is 0 Å². The number of rotatable bonds is 10. The Hall–Kier alpha value is -8.94. The zero-order valence-electron chi connectivity index (χ0n) is 49.6. The van der Waals surface area contributed by atoms with Crippen molar-refractivity contribution in [2.24, 2.45) is 0 Å². The van der Waals surface area contributed by atoms with Crippen molar-refractivity contribution in [3.8, 4) is 0 Å². The largest absolute Gasteiger partial charge is 0.347 e. The molecule has 0 saturated carbocycles. The zero-order valence-corrected chi connectivity index (χ0v) is 49.6. The van der Waals surface area contributed by atoms with Gasteiger partial charge in [-0.05, 0) is 6.92 Å². The average Bonchev–Trinajstić information content (AvgIpc) is 3.44. The highest BCUT2D eigenvalue weighted by atomic mass is 15.5. The first kappa shape index (κ1) is 57.2. The lowest BCUT2D eigenvalue weighted by atomic mass is 10.3. The first-order chi connectivity index (χ1) is 38.0. The number of nitrogens with zero attached hydrogens (tertiary/aromatic N) is 32. The molecule has 0 radical (unpaired) electrons. The van der Waals surface area contributed by atoms with Crippen LogP contribution in [-0.4, -0.2) is 255 Å². The third-order valence-electron chi connectivity index (χ3n) is 12.7. The summed E-state index contributed by atoms with van der Waals surface area (Å²) in [6.45, 7) is 6.61. The van der Waals surface area contributed by atoms with Crippen molar-refractivity contribution in [1.82, 2.24) is 89.7 Å². The molecule has 33 nitrogen and oxygen atoms in total. The molecule has 0 fully saturated rings. The Labute approximate surface area is 467 Å². The minimum atomic E-state index is 0.122. The highest BCUT2D eigenvalue weighted by Crippen LogP contribution is 2.26. The van der Waals surface area contributed by atoms with Gasteiger partial charge < -0.3 is 73.9 Å². The Balaban J connectivity index is 1.29. The van der Waals surface area contributed by atoms with Gasteiger partial charge in [-0.2, -0.15) is 89.7 Å². The molecular weight excluding hydrogens is 1030 g/mol. The van der Waals surface area contributed by atoms with E-state index in [1.165, 1.54) is 0 Å². The van der Waals surface area contributed by atoms with Crippen LogP contribution in [0.3, 0.4) is 0 Å². The van der Waals surface area contributed by atoms with Gasteiger partial charge in [0.05, 0.1) is 33.3 Å². The summed E-state index contributed by atoms with van der Waals surface area (Å²) >= 11 is 0. The second-order valence-electron chi connectivity index (χ2n) is 20.6. The van der Waals surface area contributed by atoms with Crippen LogP contribution < -0.4 is 73.9 Å². The number of aromatic nitrogens is 18. The summed E-state index contributed by atoms with van der Waals surface area (Å²) < 4.78 is 0. The highest BCUT2D eigenvalue weighted by Gasteiger charge is 2.27. The van der Waals surface area contributed by atoms with Crippen LogP contribution in [0.4, 0.5) is 89.2 Å². The Morgan fingerprint density at radius 1 is 0.375 bits per heavy atom. The molecule has 11 bridgehead atoms. The van der Waals surface area contributed by atoms with Gasteiger partial charge in [-0.1, -0.05) is 6.92 Å². The van der Waals surface area contributed by atoms with Gasteiger partial charge >= 0.3 is 0 Å². The van der Waals surface area contributed by atoms with E-state index >= 15 is 0 Å². The first-order valence-electron chi connectivity index (χ1n) is 26.2. The van der Waals surface area contributed by atoms with Crippen LogP contribution in [0.1, 0.15) is 31.3 Å². The van der Waals surface area contributed by atoms with Crippen LogP contribution in [0.15, 0.2) is 0 Å².